The van der Waals surface area contributed by atoms with Crippen LogP contribution in [-0.2, 0) is 9.53 Å². The topological polar surface area (TPSA) is 119 Å². The molecule has 0 aromatic rings. The van der Waals surface area contributed by atoms with E-state index in [4.69, 9.17) is 9.84 Å². The molecule has 0 saturated carbocycles. The lowest BCUT2D eigenvalue weighted by molar-refractivity contribution is -0.253. The highest BCUT2D eigenvalue weighted by Crippen LogP contribution is 2.19. The SMILES string of the molecule is CCCC(=O)N[C@@H]1C(O)OC(CO)[C@H](O)C1O. The Balaban J connectivity index is 2.63. The first-order chi connectivity index (χ1) is 8.01. The monoisotopic (exact) mass is 249 g/mol. The Morgan fingerprint density at radius 3 is 2.47 bits per heavy atom. The highest BCUT2D eigenvalue weighted by atomic mass is 16.6. The van der Waals surface area contributed by atoms with Crippen molar-refractivity contribution in [1.29, 1.82) is 0 Å². The maximum absolute atomic E-state index is 11.3. The first-order valence-electron chi connectivity index (χ1n) is 5.61. The van der Waals surface area contributed by atoms with Crippen LogP contribution in [0.4, 0.5) is 0 Å². The van der Waals surface area contributed by atoms with Crippen molar-refractivity contribution < 1.29 is 30.0 Å². The van der Waals surface area contributed by atoms with Gasteiger partial charge in [-0.3, -0.25) is 4.79 Å². The molecule has 1 amide bonds. The van der Waals surface area contributed by atoms with Crippen LogP contribution in [0.3, 0.4) is 0 Å². The molecule has 0 aromatic heterocycles. The number of carbonyl (C=O) groups is 1. The van der Waals surface area contributed by atoms with Gasteiger partial charge in [-0.1, -0.05) is 6.92 Å². The molecule has 100 valence electrons. The number of rotatable bonds is 4. The average molecular weight is 249 g/mol. The zero-order valence-electron chi connectivity index (χ0n) is 9.61. The predicted molar refractivity (Wildman–Crippen MR) is 56.8 cm³/mol. The Morgan fingerprint density at radius 2 is 1.94 bits per heavy atom. The Morgan fingerprint density at radius 1 is 1.29 bits per heavy atom. The third kappa shape index (κ3) is 3.36. The maximum Gasteiger partial charge on any atom is 0.220 e. The Kier molecular flexibility index (Phi) is 5.29. The number of hydrogen-bond acceptors (Lipinski definition) is 6. The van der Waals surface area contributed by atoms with Gasteiger partial charge in [0.15, 0.2) is 6.29 Å². The third-order valence-corrected chi connectivity index (χ3v) is 2.70. The molecule has 1 aliphatic heterocycles. The smallest absolute Gasteiger partial charge is 0.220 e. The third-order valence-electron chi connectivity index (χ3n) is 2.70. The molecule has 1 fully saturated rings. The van der Waals surface area contributed by atoms with E-state index in [9.17, 15) is 20.1 Å². The van der Waals surface area contributed by atoms with Crippen LogP contribution in [0.1, 0.15) is 19.8 Å². The quantitative estimate of drug-likeness (QED) is 0.382. The van der Waals surface area contributed by atoms with Crippen molar-refractivity contribution >= 4 is 5.91 Å². The number of aliphatic hydroxyl groups excluding tert-OH is 4. The number of nitrogens with one attached hydrogen (secondary N) is 1. The van der Waals surface area contributed by atoms with Crippen molar-refractivity contribution in [2.45, 2.75) is 50.4 Å². The molecule has 1 rings (SSSR count). The predicted octanol–water partition coefficient (Wildman–Crippen LogP) is -2.30. The lowest BCUT2D eigenvalue weighted by atomic mass is 9.97. The highest BCUT2D eigenvalue weighted by Gasteiger charge is 2.44. The molecule has 0 radical (unpaired) electrons. The van der Waals surface area contributed by atoms with Gasteiger partial charge >= 0.3 is 0 Å². The molecule has 1 heterocycles. The maximum atomic E-state index is 11.3. The summed E-state index contributed by atoms with van der Waals surface area (Å²) >= 11 is 0. The molecule has 7 nitrogen and oxygen atoms in total. The number of ether oxygens (including phenoxy) is 1. The molecule has 5 atom stereocenters. The van der Waals surface area contributed by atoms with Gasteiger partial charge in [0.25, 0.3) is 0 Å². The lowest BCUT2D eigenvalue weighted by Crippen LogP contribution is -2.64. The van der Waals surface area contributed by atoms with Gasteiger partial charge in [-0.2, -0.15) is 0 Å². The number of carbonyl (C=O) groups excluding carboxylic acids is 1. The minimum atomic E-state index is -1.45. The van der Waals surface area contributed by atoms with Gasteiger partial charge in [-0.05, 0) is 6.42 Å². The minimum absolute atomic E-state index is 0.259. The first-order valence-corrected chi connectivity index (χ1v) is 5.61. The zero-order chi connectivity index (χ0) is 13.0. The van der Waals surface area contributed by atoms with Crippen LogP contribution in [0, 0.1) is 0 Å². The molecule has 7 heteroatoms. The molecular weight excluding hydrogens is 230 g/mol. The summed E-state index contributed by atoms with van der Waals surface area (Å²) in [6.07, 6.45) is -4.35. The molecule has 0 bridgehead atoms. The summed E-state index contributed by atoms with van der Waals surface area (Å²) in [5, 5.41) is 40.1. The highest BCUT2D eigenvalue weighted by molar-refractivity contribution is 5.76. The molecule has 17 heavy (non-hydrogen) atoms. The molecule has 3 unspecified atom stereocenters. The van der Waals surface area contributed by atoms with Gasteiger partial charge < -0.3 is 30.5 Å². The fourth-order valence-corrected chi connectivity index (χ4v) is 1.74. The van der Waals surface area contributed by atoms with Crippen molar-refractivity contribution in [3.8, 4) is 0 Å². The van der Waals surface area contributed by atoms with E-state index in [1.165, 1.54) is 0 Å². The molecular formula is C10H19NO6. The largest absolute Gasteiger partial charge is 0.394 e. The number of amides is 1. The number of hydrogen-bond donors (Lipinski definition) is 5. The lowest BCUT2D eigenvalue weighted by Gasteiger charge is -2.40. The first kappa shape index (κ1) is 14.3. The van der Waals surface area contributed by atoms with Crippen molar-refractivity contribution in [3.63, 3.8) is 0 Å². The van der Waals surface area contributed by atoms with Crippen LogP contribution >= 0.6 is 0 Å². The van der Waals surface area contributed by atoms with Crippen LogP contribution in [0.25, 0.3) is 0 Å². The molecule has 5 N–H and O–H groups in total. The number of aliphatic hydroxyl groups is 4. The van der Waals surface area contributed by atoms with Crippen molar-refractivity contribution in [1.82, 2.24) is 5.32 Å². The molecule has 1 saturated heterocycles. The molecule has 0 aromatic carbocycles. The van der Waals surface area contributed by atoms with Crippen molar-refractivity contribution in [3.05, 3.63) is 0 Å². The summed E-state index contributed by atoms with van der Waals surface area (Å²) in [4.78, 5) is 11.3. The van der Waals surface area contributed by atoms with Crippen molar-refractivity contribution in [2.24, 2.45) is 0 Å². The van der Waals surface area contributed by atoms with Gasteiger partial charge in [0, 0.05) is 6.42 Å². The van der Waals surface area contributed by atoms with E-state index in [-0.39, 0.29) is 12.3 Å². The normalized spacial score (nSPS) is 37.8. The second-order valence-electron chi connectivity index (χ2n) is 4.07. The van der Waals surface area contributed by atoms with Crippen LogP contribution in [0.15, 0.2) is 0 Å². The fraction of sp³-hybridized carbons (Fsp3) is 0.900. The van der Waals surface area contributed by atoms with Gasteiger partial charge in [0.2, 0.25) is 5.91 Å². The second-order valence-corrected chi connectivity index (χ2v) is 4.07. The van der Waals surface area contributed by atoms with Crippen LogP contribution < -0.4 is 5.32 Å². The van der Waals surface area contributed by atoms with Gasteiger partial charge in [0.05, 0.1) is 6.61 Å². The van der Waals surface area contributed by atoms with Crippen LogP contribution in [0.5, 0.6) is 0 Å². The second kappa shape index (κ2) is 6.27. The summed E-state index contributed by atoms with van der Waals surface area (Å²) in [6, 6.07) is -1.09. The van der Waals surface area contributed by atoms with Crippen molar-refractivity contribution in [2.75, 3.05) is 6.61 Å². The standard InChI is InChI=1S/C10H19NO6/c1-2-3-6(13)11-7-9(15)8(14)5(4-12)17-10(7)16/h5,7-10,12,14-16H,2-4H2,1H3,(H,11,13)/t5?,7-,8-,9?,10?/m0/s1. The summed E-state index contributed by atoms with van der Waals surface area (Å²) in [5.41, 5.74) is 0. The van der Waals surface area contributed by atoms with E-state index in [0.29, 0.717) is 6.42 Å². The van der Waals surface area contributed by atoms with E-state index in [1.54, 1.807) is 0 Å². The molecule has 0 spiro atoms. The van der Waals surface area contributed by atoms with E-state index in [0.717, 1.165) is 0 Å². The summed E-state index contributed by atoms with van der Waals surface area (Å²) in [7, 11) is 0. The molecule has 0 aliphatic carbocycles. The average Bonchev–Trinajstić information content (AvgIpc) is 2.29. The van der Waals surface area contributed by atoms with Gasteiger partial charge in [-0.25, -0.2) is 0 Å². The zero-order valence-corrected chi connectivity index (χ0v) is 9.61. The van der Waals surface area contributed by atoms with E-state index < -0.39 is 37.3 Å². The van der Waals surface area contributed by atoms with Gasteiger partial charge in [0.1, 0.15) is 24.4 Å². The van der Waals surface area contributed by atoms with Crippen LogP contribution in [0.2, 0.25) is 0 Å². The Bertz CT molecular complexity index is 261. The summed E-state index contributed by atoms with van der Waals surface area (Å²) < 4.78 is 4.89. The Hall–Kier alpha value is -0.730. The van der Waals surface area contributed by atoms with E-state index in [1.807, 2.05) is 6.92 Å². The van der Waals surface area contributed by atoms with E-state index >= 15 is 0 Å². The summed E-state index contributed by atoms with van der Waals surface area (Å²) in [6.45, 7) is 1.30. The van der Waals surface area contributed by atoms with Crippen LogP contribution in [-0.4, -0.2) is 63.6 Å². The summed E-state index contributed by atoms with van der Waals surface area (Å²) in [5.74, 6) is -0.339. The van der Waals surface area contributed by atoms with E-state index in [2.05, 4.69) is 5.32 Å². The molecule has 1 aliphatic rings. The van der Waals surface area contributed by atoms with Gasteiger partial charge in [-0.15, -0.1) is 0 Å². The fourth-order valence-electron chi connectivity index (χ4n) is 1.74. The Labute approximate surface area is 99.0 Å². The minimum Gasteiger partial charge on any atom is -0.394 e.